The summed E-state index contributed by atoms with van der Waals surface area (Å²) in [5, 5.41) is 0. The molecular formula is C35H41N3O4. The Hall–Kier alpha value is -3.97. The molecule has 3 unspecified atom stereocenters. The molecule has 3 atom stereocenters. The maximum Gasteiger partial charge on any atom is 0.328 e. The van der Waals surface area contributed by atoms with E-state index in [1.165, 1.54) is 12.0 Å². The molecule has 2 fully saturated rings. The van der Waals surface area contributed by atoms with Gasteiger partial charge in [-0.25, -0.2) is 4.79 Å². The number of likely N-dealkylation sites (N-methyl/N-ethyl adjacent to an activating group) is 1. The molecule has 7 nitrogen and oxygen atoms in total. The second kappa shape index (κ2) is 12.5. The highest BCUT2D eigenvalue weighted by Crippen LogP contribution is 2.48. The minimum atomic E-state index is -0.621. The Labute approximate surface area is 249 Å². The van der Waals surface area contributed by atoms with Crippen LogP contribution in [0.5, 0.6) is 0 Å². The normalized spacial score (nSPS) is 19.7. The van der Waals surface area contributed by atoms with Gasteiger partial charge in [0.1, 0.15) is 12.1 Å². The molecule has 5 rings (SSSR count). The summed E-state index contributed by atoms with van der Waals surface area (Å²) in [6, 6.07) is 30.4. The van der Waals surface area contributed by atoms with E-state index in [9.17, 15) is 14.4 Å². The predicted molar refractivity (Wildman–Crippen MR) is 162 cm³/mol. The second-order valence-corrected chi connectivity index (χ2v) is 11.7. The van der Waals surface area contributed by atoms with Gasteiger partial charge in [-0.15, -0.1) is 0 Å². The zero-order valence-corrected chi connectivity index (χ0v) is 25.0. The van der Waals surface area contributed by atoms with Crippen LogP contribution in [0.15, 0.2) is 91.0 Å². The van der Waals surface area contributed by atoms with Crippen molar-refractivity contribution in [1.29, 1.82) is 0 Å². The summed E-state index contributed by atoms with van der Waals surface area (Å²) in [4.78, 5) is 45.4. The van der Waals surface area contributed by atoms with Gasteiger partial charge in [-0.05, 0) is 35.4 Å². The minimum absolute atomic E-state index is 0.0597. The van der Waals surface area contributed by atoms with Gasteiger partial charge in [-0.1, -0.05) is 105 Å². The quantitative estimate of drug-likeness (QED) is 0.216. The van der Waals surface area contributed by atoms with Crippen molar-refractivity contribution in [3.8, 4) is 0 Å². The SMILES string of the molecule is COC(=O)C(C(C)C)N(C)C(=O)C1CCN(C(=O)C2CN2C(c2ccccc2)(c2ccccc2)c2ccccc2)CC1. The van der Waals surface area contributed by atoms with Gasteiger partial charge in [0.2, 0.25) is 11.8 Å². The van der Waals surface area contributed by atoms with Crippen LogP contribution in [0, 0.1) is 11.8 Å². The summed E-state index contributed by atoms with van der Waals surface area (Å²) >= 11 is 0. The standard InChI is InChI=1S/C35H41N3O4/c1-25(2)31(34(41)42-4)36(3)32(39)26-20-22-37(23-21-26)33(40)30-24-38(30)35(27-14-8-5-9-15-27,28-16-10-6-11-17-28)29-18-12-7-13-19-29/h5-19,25-26,30-31H,20-24H2,1-4H3. The van der Waals surface area contributed by atoms with Crippen molar-refractivity contribution < 1.29 is 19.1 Å². The van der Waals surface area contributed by atoms with E-state index in [2.05, 4.69) is 77.7 Å². The zero-order valence-electron chi connectivity index (χ0n) is 25.0. The van der Waals surface area contributed by atoms with E-state index >= 15 is 0 Å². The highest BCUT2D eigenvalue weighted by atomic mass is 16.5. The largest absolute Gasteiger partial charge is 0.467 e. The molecule has 3 aromatic carbocycles. The van der Waals surface area contributed by atoms with Crippen LogP contribution in [-0.4, -0.2) is 78.4 Å². The lowest BCUT2D eigenvalue weighted by atomic mass is 9.76. The maximum atomic E-state index is 14.0. The first-order chi connectivity index (χ1) is 20.3. The molecule has 2 saturated heterocycles. The molecule has 0 saturated carbocycles. The second-order valence-electron chi connectivity index (χ2n) is 11.7. The van der Waals surface area contributed by atoms with Crippen LogP contribution < -0.4 is 0 Å². The average Bonchev–Trinajstić information content (AvgIpc) is 3.83. The summed E-state index contributed by atoms with van der Waals surface area (Å²) in [5.41, 5.74) is 2.75. The Bertz CT molecular complexity index is 1270. The van der Waals surface area contributed by atoms with Gasteiger partial charge >= 0.3 is 5.97 Å². The highest BCUT2D eigenvalue weighted by Gasteiger charge is 2.57. The zero-order chi connectivity index (χ0) is 29.9. The fraction of sp³-hybridized carbons (Fsp3) is 0.400. The molecule has 7 heteroatoms. The molecule has 2 aliphatic rings. The number of benzene rings is 3. The third kappa shape index (κ3) is 5.45. The minimum Gasteiger partial charge on any atom is -0.467 e. The fourth-order valence-corrected chi connectivity index (χ4v) is 6.74. The van der Waals surface area contributed by atoms with E-state index in [4.69, 9.17) is 4.74 Å². The van der Waals surface area contributed by atoms with Gasteiger partial charge in [0, 0.05) is 32.6 Å². The summed E-state index contributed by atoms with van der Waals surface area (Å²) in [5.74, 6) is -0.641. The molecule has 2 heterocycles. The van der Waals surface area contributed by atoms with Crippen LogP contribution in [0.25, 0.3) is 0 Å². The maximum absolute atomic E-state index is 14.0. The van der Waals surface area contributed by atoms with Crippen molar-refractivity contribution in [3.05, 3.63) is 108 Å². The summed E-state index contributed by atoms with van der Waals surface area (Å²) in [6.45, 7) is 5.51. The third-order valence-electron chi connectivity index (χ3n) is 8.90. The van der Waals surface area contributed by atoms with Crippen LogP contribution >= 0.6 is 0 Å². The van der Waals surface area contributed by atoms with Gasteiger partial charge in [0.25, 0.3) is 0 Å². The number of ether oxygens (including phenoxy) is 1. The number of likely N-dealkylation sites (tertiary alicyclic amines) is 1. The first-order valence-corrected chi connectivity index (χ1v) is 14.9. The van der Waals surface area contributed by atoms with Crippen LogP contribution in [0.1, 0.15) is 43.4 Å². The fourth-order valence-electron chi connectivity index (χ4n) is 6.74. The number of carbonyl (C=O) groups excluding carboxylic acids is 3. The van der Waals surface area contributed by atoms with Crippen LogP contribution in [0.4, 0.5) is 0 Å². The lowest BCUT2D eigenvalue weighted by molar-refractivity contribution is -0.156. The summed E-state index contributed by atoms with van der Waals surface area (Å²) < 4.78 is 4.96. The molecule has 0 radical (unpaired) electrons. The molecule has 0 bridgehead atoms. The van der Waals surface area contributed by atoms with Crippen LogP contribution in [0.2, 0.25) is 0 Å². The number of rotatable bonds is 9. The number of hydrogen-bond acceptors (Lipinski definition) is 5. The Morgan fingerprint density at radius 2 is 1.26 bits per heavy atom. The number of piperidine rings is 1. The van der Waals surface area contributed by atoms with Crippen molar-refractivity contribution in [3.63, 3.8) is 0 Å². The van der Waals surface area contributed by atoms with E-state index in [-0.39, 0.29) is 29.7 Å². The van der Waals surface area contributed by atoms with E-state index in [1.807, 2.05) is 36.9 Å². The van der Waals surface area contributed by atoms with E-state index in [0.29, 0.717) is 32.5 Å². The molecule has 2 aliphatic heterocycles. The number of nitrogens with zero attached hydrogens (tertiary/aromatic N) is 3. The third-order valence-corrected chi connectivity index (χ3v) is 8.90. The first-order valence-electron chi connectivity index (χ1n) is 14.9. The number of esters is 1. The van der Waals surface area contributed by atoms with Crippen molar-refractivity contribution in [2.75, 3.05) is 33.8 Å². The van der Waals surface area contributed by atoms with E-state index < -0.39 is 17.6 Å². The number of hydrogen-bond donors (Lipinski definition) is 0. The Morgan fingerprint density at radius 3 is 1.67 bits per heavy atom. The van der Waals surface area contributed by atoms with Gasteiger partial charge in [0.15, 0.2) is 0 Å². The Morgan fingerprint density at radius 1 is 0.810 bits per heavy atom. The smallest absolute Gasteiger partial charge is 0.328 e. The van der Waals surface area contributed by atoms with Crippen molar-refractivity contribution in [2.45, 2.75) is 44.3 Å². The number of methoxy groups -OCH3 is 1. The highest BCUT2D eigenvalue weighted by molar-refractivity contribution is 5.87. The lowest BCUT2D eigenvalue weighted by Gasteiger charge is -2.39. The molecular weight excluding hydrogens is 526 g/mol. The molecule has 0 spiro atoms. The molecule has 42 heavy (non-hydrogen) atoms. The van der Waals surface area contributed by atoms with Crippen LogP contribution in [0.3, 0.4) is 0 Å². The van der Waals surface area contributed by atoms with Gasteiger partial charge in [0.05, 0.1) is 12.6 Å². The molecule has 0 aromatic heterocycles. The monoisotopic (exact) mass is 567 g/mol. The first kappa shape index (κ1) is 29.5. The van der Waals surface area contributed by atoms with Gasteiger partial charge in [-0.3, -0.25) is 14.5 Å². The van der Waals surface area contributed by atoms with Crippen molar-refractivity contribution in [2.24, 2.45) is 11.8 Å². The molecule has 2 amide bonds. The van der Waals surface area contributed by atoms with Crippen molar-refractivity contribution >= 4 is 17.8 Å². The van der Waals surface area contributed by atoms with Gasteiger partial charge < -0.3 is 14.5 Å². The van der Waals surface area contributed by atoms with E-state index in [1.54, 1.807) is 7.05 Å². The molecule has 0 N–H and O–H groups in total. The summed E-state index contributed by atoms with van der Waals surface area (Å²) in [6.07, 6.45) is 1.16. The number of carbonyl (C=O) groups is 3. The predicted octanol–water partition coefficient (Wildman–Crippen LogP) is 4.56. The molecule has 3 aromatic rings. The summed E-state index contributed by atoms with van der Waals surface area (Å²) in [7, 11) is 3.03. The molecule has 0 aliphatic carbocycles. The van der Waals surface area contributed by atoms with Gasteiger partial charge in [-0.2, -0.15) is 0 Å². The van der Waals surface area contributed by atoms with Crippen molar-refractivity contribution in [1.82, 2.24) is 14.7 Å². The van der Waals surface area contributed by atoms with Crippen LogP contribution in [-0.2, 0) is 24.7 Å². The Kier molecular flexibility index (Phi) is 8.78. The average molecular weight is 568 g/mol. The molecule has 220 valence electrons. The Balaban J connectivity index is 1.35. The van der Waals surface area contributed by atoms with E-state index in [0.717, 1.165) is 16.7 Å². The lowest BCUT2D eigenvalue weighted by Crippen LogP contribution is -2.51. The topological polar surface area (TPSA) is 69.9 Å². The number of amides is 2.